The molecule has 0 amide bonds. The average Bonchev–Trinajstić information content (AvgIpc) is 2.47. The number of aldehydes is 1. The van der Waals surface area contributed by atoms with E-state index in [0.29, 0.717) is 10.8 Å². The highest BCUT2D eigenvalue weighted by Crippen LogP contribution is 2.26. The first kappa shape index (κ1) is 18.3. The summed E-state index contributed by atoms with van der Waals surface area (Å²) in [7, 11) is -4.08. The summed E-state index contributed by atoms with van der Waals surface area (Å²) >= 11 is 3.15. The predicted molar refractivity (Wildman–Crippen MR) is 83.5 cm³/mol. The Bertz CT molecular complexity index is 851. The van der Waals surface area contributed by atoms with Crippen LogP contribution in [0.1, 0.15) is 10.4 Å². The van der Waals surface area contributed by atoms with Gasteiger partial charge in [0.25, 0.3) is 10.0 Å². The van der Waals surface area contributed by atoms with Crippen LogP contribution in [-0.4, -0.2) is 21.1 Å². The molecule has 0 saturated carbocycles. The second kappa shape index (κ2) is 6.81. The summed E-state index contributed by atoms with van der Waals surface area (Å²) in [6, 6.07) is 8.02. The Hall–Kier alpha value is -2.07. The van der Waals surface area contributed by atoms with Crippen molar-refractivity contribution < 1.29 is 31.1 Å². The highest BCUT2D eigenvalue weighted by Gasteiger charge is 2.31. The van der Waals surface area contributed by atoms with E-state index < -0.39 is 22.1 Å². The van der Waals surface area contributed by atoms with Crippen LogP contribution in [0.4, 0.5) is 18.9 Å². The van der Waals surface area contributed by atoms with E-state index in [0.717, 1.165) is 24.3 Å². The number of ether oxygens (including phenoxy) is 1. The molecule has 1 N–H and O–H groups in total. The van der Waals surface area contributed by atoms with Crippen molar-refractivity contribution in [3.63, 3.8) is 0 Å². The first-order valence-electron chi connectivity index (χ1n) is 6.24. The molecule has 0 aliphatic heterocycles. The van der Waals surface area contributed by atoms with Crippen LogP contribution in [-0.2, 0) is 10.0 Å². The molecule has 128 valence electrons. The molecule has 2 aromatic rings. The molecule has 10 heteroatoms. The average molecular weight is 424 g/mol. The second-order valence-electron chi connectivity index (χ2n) is 4.47. The normalized spacial score (nSPS) is 11.8. The van der Waals surface area contributed by atoms with E-state index in [1.165, 1.54) is 18.2 Å². The zero-order chi connectivity index (χ0) is 18.0. The molecule has 0 aromatic heterocycles. The van der Waals surface area contributed by atoms with E-state index in [9.17, 15) is 26.4 Å². The monoisotopic (exact) mass is 423 g/mol. The number of sulfonamides is 1. The van der Waals surface area contributed by atoms with Crippen LogP contribution in [0.2, 0.25) is 0 Å². The van der Waals surface area contributed by atoms with Gasteiger partial charge in [0.15, 0.2) is 6.29 Å². The van der Waals surface area contributed by atoms with Gasteiger partial charge in [-0.15, -0.1) is 13.2 Å². The molecule has 0 unspecified atom stereocenters. The van der Waals surface area contributed by atoms with Crippen LogP contribution in [0.15, 0.2) is 51.8 Å². The van der Waals surface area contributed by atoms with E-state index in [4.69, 9.17) is 0 Å². The van der Waals surface area contributed by atoms with Gasteiger partial charge in [-0.3, -0.25) is 9.52 Å². The Kier molecular flexibility index (Phi) is 5.19. The Morgan fingerprint density at radius 2 is 1.71 bits per heavy atom. The fourth-order valence-electron chi connectivity index (χ4n) is 1.75. The van der Waals surface area contributed by atoms with Crippen molar-refractivity contribution >= 4 is 37.9 Å². The predicted octanol–water partition coefficient (Wildman–Crippen LogP) is 3.96. The van der Waals surface area contributed by atoms with Crippen molar-refractivity contribution in [1.29, 1.82) is 0 Å². The second-order valence-corrected chi connectivity index (χ2v) is 7.07. The summed E-state index contributed by atoms with van der Waals surface area (Å²) in [5.41, 5.74) is 0.147. The number of carbonyl (C=O) groups is 1. The van der Waals surface area contributed by atoms with E-state index in [1.54, 1.807) is 0 Å². The summed E-state index contributed by atoms with van der Waals surface area (Å²) in [4.78, 5) is 10.7. The molecular weight excluding hydrogens is 415 g/mol. The molecule has 0 heterocycles. The van der Waals surface area contributed by atoms with Gasteiger partial charge in [-0.25, -0.2) is 8.42 Å². The van der Waals surface area contributed by atoms with E-state index in [-0.39, 0.29) is 16.1 Å². The lowest BCUT2D eigenvalue weighted by molar-refractivity contribution is -0.274. The Morgan fingerprint density at radius 3 is 2.25 bits per heavy atom. The van der Waals surface area contributed by atoms with Crippen LogP contribution in [0.25, 0.3) is 0 Å². The molecule has 24 heavy (non-hydrogen) atoms. The molecule has 0 atom stereocenters. The fraction of sp³-hybridized carbons (Fsp3) is 0.0714. The van der Waals surface area contributed by atoms with Gasteiger partial charge in [0.2, 0.25) is 0 Å². The summed E-state index contributed by atoms with van der Waals surface area (Å²) < 4.78 is 67.2. The van der Waals surface area contributed by atoms with Gasteiger partial charge in [-0.1, -0.05) is 15.9 Å². The number of rotatable bonds is 5. The lowest BCUT2D eigenvalue weighted by atomic mass is 10.2. The summed E-state index contributed by atoms with van der Waals surface area (Å²) in [6.07, 6.45) is -4.39. The first-order valence-corrected chi connectivity index (χ1v) is 8.52. The fourth-order valence-corrected chi connectivity index (χ4v) is 3.21. The van der Waals surface area contributed by atoms with E-state index in [1.807, 2.05) is 0 Å². The smallest absolute Gasteiger partial charge is 0.406 e. The van der Waals surface area contributed by atoms with E-state index in [2.05, 4.69) is 25.4 Å². The van der Waals surface area contributed by atoms with Crippen LogP contribution in [0.5, 0.6) is 5.75 Å². The summed E-state index contributed by atoms with van der Waals surface area (Å²) in [5, 5.41) is 0. The van der Waals surface area contributed by atoms with Crippen LogP contribution in [0.3, 0.4) is 0 Å². The largest absolute Gasteiger partial charge is 0.573 e. The highest BCUT2D eigenvalue weighted by atomic mass is 79.9. The number of anilines is 1. The minimum atomic E-state index is -4.87. The van der Waals surface area contributed by atoms with Crippen LogP contribution < -0.4 is 9.46 Å². The zero-order valence-electron chi connectivity index (χ0n) is 11.7. The summed E-state index contributed by atoms with van der Waals surface area (Å²) in [6.45, 7) is 0. The molecule has 0 spiro atoms. The highest BCUT2D eigenvalue weighted by molar-refractivity contribution is 9.10. The Balaban J connectivity index is 2.26. The van der Waals surface area contributed by atoms with Crippen molar-refractivity contribution in [2.45, 2.75) is 11.3 Å². The zero-order valence-corrected chi connectivity index (χ0v) is 14.1. The molecular formula is C14H9BrF3NO4S. The number of alkyl halides is 3. The van der Waals surface area contributed by atoms with Gasteiger partial charge in [0.05, 0.1) is 10.6 Å². The number of halogens is 4. The first-order chi connectivity index (χ1) is 11.1. The lowest BCUT2D eigenvalue weighted by Gasteiger charge is -2.12. The molecule has 0 fully saturated rings. The third-order valence-corrected chi connectivity index (χ3v) is 4.63. The number of hydrogen-bond donors (Lipinski definition) is 1. The van der Waals surface area contributed by atoms with Crippen molar-refractivity contribution in [3.05, 3.63) is 52.5 Å². The van der Waals surface area contributed by atoms with Crippen LogP contribution in [0, 0.1) is 0 Å². The minimum Gasteiger partial charge on any atom is -0.406 e. The van der Waals surface area contributed by atoms with Crippen molar-refractivity contribution in [2.75, 3.05) is 4.72 Å². The Labute approximate surface area is 143 Å². The third kappa shape index (κ3) is 4.71. The van der Waals surface area contributed by atoms with Gasteiger partial charge in [-0.2, -0.15) is 0 Å². The number of benzene rings is 2. The van der Waals surface area contributed by atoms with Crippen LogP contribution >= 0.6 is 15.9 Å². The molecule has 0 radical (unpaired) electrons. The molecule has 2 rings (SSSR count). The van der Waals surface area contributed by atoms with Gasteiger partial charge in [0, 0.05) is 10.0 Å². The van der Waals surface area contributed by atoms with Gasteiger partial charge in [-0.05, 0) is 42.5 Å². The lowest BCUT2D eigenvalue weighted by Crippen LogP contribution is -2.17. The molecule has 0 bridgehead atoms. The quantitative estimate of drug-likeness (QED) is 0.738. The van der Waals surface area contributed by atoms with Crippen molar-refractivity contribution in [3.8, 4) is 5.75 Å². The maximum atomic E-state index is 12.2. The number of nitrogens with one attached hydrogen (secondary N) is 1. The Morgan fingerprint density at radius 1 is 1.08 bits per heavy atom. The number of carbonyl (C=O) groups excluding carboxylic acids is 1. The van der Waals surface area contributed by atoms with E-state index >= 15 is 0 Å². The van der Waals surface area contributed by atoms with Crippen molar-refractivity contribution in [1.82, 2.24) is 0 Å². The summed E-state index contributed by atoms with van der Waals surface area (Å²) in [5.74, 6) is -0.543. The van der Waals surface area contributed by atoms with Gasteiger partial charge < -0.3 is 4.74 Å². The third-order valence-electron chi connectivity index (χ3n) is 2.75. The molecule has 0 saturated heterocycles. The van der Waals surface area contributed by atoms with Gasteiger partial charge >= 0.3 is 6.36 Å². The van der Waals surface area contributed by atoms with Crippen molar-refractivity contribution in [2.24, 2.45) is 0 Å². The van der Waals surface area contributed by atoms with Gasteiger partial charge in [0.1, 0.15) is 5.75 Å². The maximum absolute atomic E-state index is 12.2. The number of hydrogen-bond acceptors (Lipinski definition) is 4. The maximum Gasteiger partial charge on any atom is 0.573 e. The SMILES string of the molecule is O=Cc1cc(Br)ccc1NS(=O)(=O)c1ccc(OC(F)(F)F)cc1. The topological polar surface area (TPSA) is 72.5 Å². The molecule has 2 aromatic carbocycles. The molecule has 5 nitrogen and oxygen atoms in total. The minimum absolute atomic E-state index is 0.0452. The molecule has 0 aliphatic carbocycles. The standard InChI is InChI=1S/C14H9BrF3NO4S/c15-10-1-6-13(9(7-10)8-20)19-24(21,22)12-4-2-11(3-5-12)23-14(16,17)18/h1-8,19H. The molecule has 0 aliphatic rings.